The second-order valence-corrected chi connectivity index (χ2v) is 11.6. The number of anilines is 2. The molecule has 7 nitrogen and oxygen atoms in total. The lowest BCUT2D eigenvalue weighted by Crippen LogP contribution is -2.22. The Labute approximate surface area is 217 Å². The lowest BCUT2D eigenvalue weighted by Gasteiger charge is -2.11. The Morgan fingerprint density at radius 2 is 2.03 bits per heavy atom. The average molecular weight is 545 g/mol. The number of fused-ring (bicyclic) bond motifs is 1. The standard InChI is InChI=1S/C25H22ClFN4O3S2/c1-36(32,33)11-10-28-9-3-6-20-14-22-24(35-20)25(30-16-29-22)31-19-7-8-23(21(26)13-19)34-15-17-4-2-5-18(27)12-17/h2,4-5,7-8,12-14,16,28H,9-11,15H2,1H3,(H,29,30,31). The van der Waals surface area contributed by atoms with Crippen molar-refractivity contribution in [2.24, 2.45) is 0 Å². The van der Waals surface area contributed by atoms with Crippen LogP contribution in [0.1, 0.15) is 10.4 Å². The van der Waals surface area contributed by atoms with Crippen molar-refractivity contribution in [2.45, 2.75) is 6.61 Å². The minimum atomic E-state index is -2.99. The van der Waals surface area contributed by atoms with Crippen LogP contribution in [0.3, 0.4) is 0 Å². The zero-order chi connectivity index (χ0) is 25.5. The summed E-state index contributed by atoms with van der Waals surface area (Å²) in [7, 11) is -2.99. The van der Waals surface area contributed by atoms with Gasteiger partial charge in [-0.05, 0) is 42.0 Å². The van der Waals surface area contributed by atoms with Gasteiger partial charge in [0.05, 0.1) is 32.4 Å². The molecule has 0 amide bonds. The first kappa shape index (κ1) is 25.9. The normalized spacial score (nSPS) is 11.2. The molecule has 0 aliphatic carbocycles. The first-order valence-corrected chi connectivity index (χ1v) is 14.1. The van der Waals surface area contributed by atoms with E-state index in [1.807, 2.05) is 12.1 Å². The Morgan fingerprint density at radius 3 is 2.81 bits per heavy atom. The third-order valence-corrected chi connectivity index (χ3v) is 7.15. The highest BCUT2D eigenvalue weighted by molar-refractivity contribution is 7.90. The molecule has 2 heterocycles. The van der Waals surface area contributed by atoms with Gasteiger partial charge in [0.2, 0.25) is 0 Å². The SMILES string of the molecule is CS(=O)(=O)CCNCC#Cc1cc2ncnc(Nc3ccc(OCc4cccc(F)c4)c(Cl)c3)c2s1. The van der Waals surface area contributed by atoms with Crippen molar-refractivity contribution >= 4 is 54.5 Å². The fourth-order valence-corrected chi connectivity index (χ4v) is 4.85. The summed E-state index contributed by atoms with van der Waals surface area (Å²) in [6.07, 6.45) is 2.68. The van der Waals surface area contributed by atoms with E-state index in [2.05, 4.69) is 32.4 Å². The molecule has 0 unspecified atom stereocenters. The number of nitrogens with one attached hydrogen (secondary N) is 2. The van der Waals surface area contributed by atoms with E-state index in [0.29, 0.717) is 40.9 Å². The lowest BCUT2D eigenvalue weighted by atomic mass is 10.2. The second kappa shape index (κ2) is 11.7. The zero-order valence-electron chi connectivity index (χ0n) is 19.2. The zero-order valence-corrected chi connectivity index (χ0v) is 21.6. The monoisotopic (exact) mass is 544 g/mol. The molecule has 11 heteroatoms. The molecule has 0 aliphatic heterocycles. The van der Waals surface area contributed by atoms with Crippen molar-refractivity contribution in [2.75, 3.05) is 30.4 Å². The third-order valence-electron chi connectivity index (χ3n) is 4.86. The van der Waals surface area contributed by atoms with Crippen LogP contribution < -0.4 is 15.4 Å². The number of nitrogens with zero attached hydrogens (tertiary/aromatic N) is 2. The van der Waals surface area contributed by atoms with Gasteiger partial charge in [0.25, 0.3) is 0 Å². The summed E-state index contributed by atoms with van der Waals surface area (Å²) in [4.78, 5) is 9.49. The van der Waals surface area contributed by atoms with E-state index in [1.54, 1.807) is 24.3 Å². The molecular weight excluding hydrogens is 523 g/mol. The van der Waals surface area contributed by atoms with Crippen molar-refractivity contribution < 1.29 is 17.5 Å². The molecule has 36 heavy (non-hydrogen) atoms. The molecule has 2 aromatic heterocycles. The van der Waals surface area contributed by atoms with E-state index < -0.39 is 9.84 Å². The van der Waals surface area contributed by atoms with E-state index in [9.17, 15) is 12.8 Å². The fraction of sp³-hybridized carbons (Fsp3) is 0.200. The van der Waals surface area contributed by atoms with Crippen LogP contribution in [-0.4, -0.2) is 43.5 Å². The van der Waals surface area contributed by atoms with Crippen LogP contribution in [0.5, 0.6) is 5.75 Å². The maximum atomic E-state index is 13.4. The van der Waals surface area contributed by atoms with Crippen LogP contribution in [0, 0.1) is 17.7 Å². The summed E-state index contributed by atoms with van der Waals surface area (Å²) < 4.78 is 42.3. The third kappa shape index (κ3) is 7.38. The molecule has 0 saturated heterocycles. The Bertz CT molecular complexity index is 1550. The van der Waals surface area contributed by atoms with E-state index in [0.717, 1.165) is 15.1 Å². The minimum absolute atomic E-state index is 0.0757. The number of thiophene rings is 1. The number of aromatic nitrogens is 2. The Hall–Kier alpha value is -3.23. The van der Waals surface area contributed by atoms with Gasteiger partial charge in [-0.3, -0.25) is 0 Å². The van der Waals surface area contributed by atoms with Crippen LogP contribution >= 0.6 is 22.9 Å². The maximum absolute atomic E-state index is 13.4. The number of halogens is 2. The van der Waals surface area contributed by atoms with Crippen molar-refractivity contribution in [1.29, 1.82) is 0 Å². The largest absolute Gasteiger partial charge is 0.487 e. The molecule has 2 N–H and O–H groups in total. The van der Waals surface area contributed by atoms with Gasteiger partial charge in [0.15, 0.2) is 5.82 Å². The molecule has 0 fully saturated rings. The topological polar surface area (TPSA) is 93.2 Å². The van der Waals surface area contributed by atoms with Crippen molar-refractivity contribution in [3.63, 3.8) is 0 Å². The minimum Gasteiger partial charge on any atom is -0.487 e. The highest BCUT2D eigenvalue weighted by atomic mass is 35.5. The van der Waals surface area contributed by atoms with Gasteiger partial charge in [-0.2, -0.15) is 0 Å². The smallest absolute Gasteiger partial charge is 0.151 e. The van der Waals surface area contributed by atoms with E-state index >= 15 is 0 Å². The number of hydrogen-bond donors (Lipinski definition) is 2. The van der Waals surface area contributed by atoms with E-state index in [1.165, 1.54) is 36.1 Å². The first-order valence-electron chi connectivity index (χ1n) is 10.8. The second-order valence-electron chi connectivity index (χ2n) is 7.84. The van der Waals surface area contributed by atoms with Crippen LogP contribution in [-0.2, 0) is 16.4 Å². The molecule has 0 spiro atoms. The molecular formula is C25H22ClFN4O3S2. The highest BCUT2D eigenvalue weighted by Gasteiger charge is 2.10. The molecule has 0 aliphatic rings. The predicted octanol–water partition coefficient (Wildman–Crippen LogP) is 4.79. The number of hydrogen-bond acceptors (Lipinski definition) is 8. The van der Waals surface area contributed by atoms with Crippen LogP contribution in [0.15, 0.2) is 54.9 Å². The van der Waals surface area contributed by atoms with Gasteiger partial charge in [-0.1, -0.05) is 35.6 Å². The highest BCUT2D eigenvalue weighted by Crippen LogP contribution is 2.33. The van der Waals surface area contributed by atoms with Gasteiger partial charge >= 0.3 is 0 Å². The summed E-state index contributed by atoms with van der Waals surface area (Å²) in [6, 6.07) is 13.4. The van der Waals surface area contributed by atoms with Crippen molar-refractivity contribution in [3.8, 4) is 17.6 Å². The molecule has 0 saturated carbocycles. The Balaban J connectivity index is 1.41. The quantitative estimate of drug-likeness (QED) is 0.231. The summed E-state index contributed by atoms with van der Waals surface area (Å²) in [6.45, 7) is 0.937. The first-order chi connectivity index (χ1) is 17.3. The van der Waals surface area contributed by atoms with Crippen LogP contribution in [0.2, 0.25) is 5.02 Å². The Kier molecular flexibility index (Phi) is 8.38. The maximum Gasteiger partial charge on any atom is 0.151 e. The van der Waals surface area contributed by atoms with E-state index in [-0.39, 0.29) is 18.2 Å². The van der Waals surface area contributed by atoms with Crippen molar-refractivity contribution in [3.05, 3.63) is 76.1 Å². The molecule has 4 rings (SSSR count). The Morgan fingerprint density at radius 1 is 1.17 bits per heavy atom. The van der Waals surface area contributed by atoms with Crippen molar-refractivity contribution in [1.82, 2.24) is 15.3 Å². The van der Waals surface area contributed by atoms with Gasteiger partial charge in [-0.15, -0.1) is 11.3 Å². The van der Waals surface area contributed by atoms with Gasteiger partial charge in [0, 0.05) is 18.5 Å². The molecule has 4 aromatic rings. The summed E-state index contributed by atoms with van der Waals surface area (Å²) in [5.74, 6) is 6.92. The lowest BCUT2D eigenvalue weighted by molar-refractivity contribution is 0.306. The number of sulfone groups is 1. The number of ether oxygens (including phenoxy) is 1. The average Bonchev–Trinajstić information content (AvgIpc) is 3.24. The van der Waals surface area contributed by atoms with Crippen LogP contribution in [0.4, 0.5) is 15.9 Å². The molecule has 0 radical (unpaired) electrons. The molecule has 0 bridgehead atoms. The van der Waals surface area contributed by atoms with Gasteiger partial charge in [0.1, 0.15) is 34.3 Å². The fourth-order valence-electron chi connectivity index (χ4n) is 3.17. The van der Waals surface area contributed by atoms with Gasteiger partial charge in [-0.25, -0.2) is 22.8 Å². The summed E-state index contributed by atoms with van der Waals surface area (Å²) >= 11 is 7.86. The number of benzene rings is 2. The number of rotatable bonds is 9. The summed E-state index contributed by atoms with van der Waals surface area (Å²) in [5, 5.41) is 6.66. The summed E-state index contributed by atoms with van der Waals surface area (Å²) in [5.41, 5.74) is 2.18. The molecule has 2 aromatic carbocycles. The molecule has 0 atom stereocenters. The predicted molar refractivity (Wildman–Crippen MR) is 142 cm³/mol. The molecule has 186 valence electrons. The van der Waals surface area contributed by atoms with E-state index in [4.69, 9.17) is 16.3 Å². The van der Waals surface area contributed by atoms with Crippen LogP contribution in [0.25, 0.3) is 10.2 Å². The van der Waals surface area contributed by atoms with Gasteiger partial charge < -0.3 is 15.4 Å².